The number of nitrogens with zero attached hydrogens (tertiary/aromatic N) is 9. The molecule has 1 amide bonds. The second kappa shape index (κ2) is 17.3. The zero-order valence-corrected chi connectivity index (χ0v) is 36.0. The number of carbonyl (C=O) groups is 1. The molecule has 0 spiro atoms. The molecule has 0 bridgehead atoms. The van der Waals surface area contributed by atoms with Gasteiger partial charge in [-0.05, 0) is 121 Å². The fourth-order valence-electron chi connectivity index (χ4n) is 6.83. The number of benzene rings is 2. The molecule has 0 fully saturated rings. The lowest BCUT2D eigenvalue weighted by Gasteiger charge is -2.25. The van der Waals surface area contributed by atoms with E-state index in [0.717, 1.165) is 78.6 Å². The third-order valence-electron chi connectivity index (χ3n) is 9.90. The predicted octanol–water partition coefficient (Wildman–Crippen LogP) is 9.03. The Bertz CT molecular complexity index is 2850. The lowest BCUT2D eigenvalue weighted by molar-refractivity contribution is 0.0589. The summed E-state index contributed by atoms with van der Waals surface area (Å²) in [6.07, 6.45) is 3.15. The SMILES string of the molecule is CNc1cc(-c2cccc(C(C)N)n2)cc2c1cnn2-c1cccc(C)n1.Cc1cccc(-n2ncc3c(N(C)C(=O)OC(C)(C)C)cc(-c4cccc(C(C)N)n4)cc32)n1. The molecule has 5 N–H and O–H groups in total. The van der Waals surface area contributed by atoms with Crippen molar-refractivity contribution in [1.82, 2.24) is 39.5 Å². The molecule has 0 saturated carbocycles. The molecule has 2 unspecified atom stereocenters. The van der Waals surface area contributed by atoms with E-state index in [9.17, 15) is 4.79 Å². The first-order valence-electron chi connectivity index (χ1n) is 20.1. The molecular weight excluding hydrogens is 765 g/mol. The molecule has 2 aromatic carbocycles. The van der Waals surface area contributed by atoms with Gasteiger partial charge in [0.2, 0.25) is 0 Å². The van der Waals surface area contributed by atoms with Crippen LogP contribution in [-0.4, -0.2) is 65.3 Å². The van der Waals surface area contributed by atoms with Crippen LogP contribution in [0.15, 0.2) is 109 Å². The number of pyridine rings is 4. The van der Waals surface area contributed by atoms with E-state index < -0.39 is 11.7 Å². The Hall–Kier alpha value is -7.03. The molecule has 0 aliphatic heterocycles. The third kappa shape index (κ3) is 9.25. The molecular formula is C47H52N12O2. The summed E-state index contributed by atoms with van der Waals surface area (Å²) >= 11 is 0. The average molecular weight is 817 g/mol. The number of nitrogens with two attached hydrogens (primary N) is 2. The summed E-state index contributed by atoms with van der Waals surface area (Å²) < 4.78 is 9.26. The molecule has 0 saturated heterocycles. The van der Waals surface area contributed by atoms with Gasteiger partial charge in [0, 0.05) is 65.2 Å². The van der Waals surface area contributed by atoms with E-state index >= 15 is 0 Å². The molecule has 0 radical (unpaired) electrons. The molecule has 14 heteroatoms. The number of amides is 1. The van der Waals surface area contributed by atoms with Crippen LogP contribution in [0.2, 0.25) is 0 Å². The Morgan fingerprint density at radius 2 is 1.16 bits per heavy atom. The zero-order valence-electron chi connectivity index (χ0n) is 36.0. The highest BCUT2D eigenvalue weighted by Crippen LogP contribution is 2.35. The van der Waals surface area contributed by atoms with E-state index in [1.165, 1.54) is 4.90 Å². The number of aromatic nitrogens is 8. The Kier molecular flexibility index (Phi) is 11.9. The van der Waals surface area contributed by atoms with Crippen LogP contribution < -0.4 is 21.7 Å². The van der Waals surface area contributed by atoms with Crippen molar-refractivity contribution in [2.75, 3.05) is 24.3 Å². The second-order valence-corrected chi connectivity index (χ2v) is 16.0. The minimum atomic E-state index is -0.620. The van der Waals surface area contributed by atoms with E-state index in [-0.39, 0.29) is 12.1 Å². The molecule has 8 aromatic rings. The van der Waals surface area contributed by atoms with Crippen molar-refractivity contribution in [3.63, 3.8) is 0 Å². The van der Waals surface area contributed by atoms with E-state index in [1.54, 1.807) is 17.9 Å². The molecule has 0 aliphatic carbocycles. The number of nitrogens with one attached hydrogen (secondary N) is 1. The number of rotatable bonds is 8. The number of aryl methyl sites for hydroxylation is 2. The normalized spacial score (nSPS) is 12.4. The Labute approximate surface area is 355 Å². The topological polar surface area (TPSA) is 181 Å². The van der Waals surface area contributed by atoms with Crippen LogP contribution in [-0.2, 0) is 4.74 Å². The van der Waals surface area contributed by atoms with E-state index in [2.05, 4.69) is 37.6 Å². The monoisotopic (exact) mass is 816 g/mol. The molecule has 6 aromatic heterocycles. The summed E-state index contributed by atoms with van der Waals surface area (Å²) in [6.45, 7) is 13.3. The molecule has 312 valence electrons. The lowest BCUT2D eigenvalue weighted by Crippen LogP contribution is -2.34. The average Bonchev–Trinajstić information content (AvgIpc) is 3.87. The number of hydrogen-bond acceptors (Lipinski definition) is 11. The standard InChI is InChI=1S/C26H30N6O2.C21H22N6/c1-16-9-7-12-24(29-16)32-23-14-18(21-11-8-10-20(30-21)17(2)27)13-22(19(23)15-28-32)31(6)25(33)34-26(3,4)5;1-13-6-4-9-21(25-13)27-20-11-15(10-19(23-3)16(20)12-24-27)18-8-5-7-17(26-18)14(2)22/h7-15,17H,27H2,1-6H3;4-12,14,23H,22H2,1-3H3. The summed E-state index contributed by atoms with van der Waals surface area (Å²) in [5.74, 6) is 1.48. The van der Waals surface area contributed by atoms with E-state index in [4.69, 9.17) is 26.2 Å². The van der Waals surface area contributed by atoms with Gasteiger partial charge in [0.05, 0.1) is 51.9 Å². The van der Waals surface area contributed by atoms with Crippen LogP contribution in [0.4, 0.5) is 16.2 Å². The summed E-state index contributed by atoms with van der Waals surface area (Å²) in [5.41, 5.74) is 21.8. The van der Waals surface area contributed by atoms with Crippen LogP contribution in [0.1, 0.15) is 69.5 Å². The van der Waals surface area contributed by atoms with Gasteiger partial charge in [0.15, 0.2) is 11.6 Å². The second-order valence-electron chi connectivity index (χ2n) is 16.0. The van der Waals surface area contributed by atoms with Crippen LogP contribution in [0.3, 0.4) is 0 Å². The zero-order chi connectivity index (χ0) is 43.6. The number of fused-ring (bicyclic) bond motifs is 2. The molecule has 14 nitrogen and oxygen atoms in total. The van der Waals surface area contributed by atoms with Gasteiger partial charge in [-0.3, -0.25) is 14.9 Å². The van der Waals surface area contributed by atoms with Crippen LogP contribution in [0.25, 0.3) is 56.0 Å². The summed E-state index contributed by atoms with van der Waals surface area (Å²) in [4.78, 5) is 33.2. The highest BCUT2D eigenvalue weighted by Gasteiger charge is 2.24. The fourth-order valence-corrected chi connectivity index (χ4v) is 6.83. The minimum absolute atomic E-state index is 0.112. The molecule has 2 atom stereocenters. The summed E-state index contributed by atoms with van der Waals surface area (Å²) in [7, 11) is 3.60. The first-order chi connectivity index (χ1) is 29.1. The third-order valence-corrected chi connectivity index (χ3v) is 9.90. The largest absolute Gasteiger partial charge is 0.443 e. The Morgan fingerprint density at radius 1 is 0.689 bits per heavy atom. The first kappa shape index (κ1) is 42.1. The molecule has 61 heavy (non-hydrogen) atoms. The quantitative estimate of drug-likeness (QED) is 0.133. The number of carbonyl (C=O) groups excluding carboxylic acids is 1. The van der Waals surface area contributed by atoms with Gasteiger partial charge in [-0.1, -0.05) is 24.3 Å². The lowest BCUT2D eigenvalue weighted by atomic mass is 10.1. The Morgan fingerprint density at radius 3 is 1.64 bits per heavy atom. The Balaban J connectivity index is 0.000000189. The number of hydrogen-bond donors (Lipinski definition) is 3. The van der Waals surface area contributed by atoms with Gasteiger partial charge in [-0.2, -0.15) is 10.2 Å². The molecule has 6 heterocycles. The van der Waals surface area contributed by atoms with Crippen molar-refractivity contribution in [3.8, 4) is 34.2 Å². The van der Waals surface area contributed by atoms with Gasteiger partial charge in [-0.25, -0.2) is 24.1 Å². The van der Waals surface area contributed by atoms with Crippen molar-refractivity contribution in [2.45, 2.75) is 66.2 Å². The highest BCUT2D eigenvalue weighted by molar-refractivity contribution is 6.03. The fraction of sp³-hybridized carbons (Fsp3) is 0.255. The summed E-state index contributed by atoms with van der Waals surface area (Å²) in [6, 6.07) is 31.2. The van der Waals surface area contributed by atoms with Crippen molar-refractivity contribution < 1.29 is 9.53 Å². The first-order valence-corrected chi connectivity index (χ1v) is 20.1. The van der Waals surface area contributed by atoms with Crippen LogP contribution >= 0.6 is 0 Å². The number of anilines is 2. The maximum Gasteiger partial charge on any atom is 0.414 e. The van der Waals surface area contributed by atoms with E-state index in [0.29, 0.717) is 11.5 Å². The summed E-state index contributed by atoms with van der Waals surface area (Å²) in [5, 5.41) is 14.3. The van der Waals surface area contributed by atoms with Gasteiger partial charge >= 0.3 is 6.09 Å². The molecule has 0 aliphatic rings. The van der Waals surface area contributed by atoms with Crippen molar-refractivity contribution in [3.05, 3.63) is 132 Å². The van der Waals surface area contributed by atoms with Gasteiger partial charge < -0.3 is 21.5 Å². The van der Waals surface area contributed by atoms with Crippen molar-refractivity contribution in [2.24, 2.45) is 11.5 Å². The van der Waals surface area contributed by atoms with Crippen LogP contribution in [0.5, 0.6) is 0 Å². The van der Waals surface area contributed by atoms with Crippen LogP contribution in [0, 0.1) is 13.8 Å². The maximum absolute atomic E-state index is 12.9. The van der Waals surface area contributed by atoms with Gasteiger partial charge in [-0.15, -0.1) is 0 Å². The maximum atomic E-state index is 12.9. The van der Waals surface area contributed by atoms with Gasteiger partial charge in [0.25, 0.3) is 0 Å². The van der Waals surface area contributed by atoms with Crippen molar-refractivity contribution in [1.29, 1.82) is 0 Å². The number of ether oxygens (including phenoxy) is 1. The van der Waals surface area contributed by atoms with Crippen molar-refractivity contribution >= 4 is 39.3 Å². The minimum Gasteiger partial charge on any atom is -0.443 e. The van der Waals surface area contributed by atoms with Gasteiger partial charge in [0.1, 0.15) is 5.60 Å². The predicted molar refractivity (Wildman–Crippen MR) is 243 cm³/mol. The smallest absolute Gasteiger partial charge is 0.414 e. The highest BCUT2D eigenvalue weighted by atomic mass is 16.6. The molecule has 8 rings (SSSR count). The van der Waals surface area contributed by atoms with E-state index in [1.807, 2.05) is 151 Å².